The molecule has 1 atom stereocenters. The third-order valence-electron chi connectivity index (χ3n) is 2.21. The zero-order chi connectivity index (χ0) is 13.5. The smallest absolute Gasteiger partial charge is 0.176 e. The Balaban J connectivity index is 3.05. The fraction of sp³-hybridized carbons (Fsp3) is 0.462. The Morgan fingerprint density at radius 1 is 1.44 bits per heavy atom. The van der Waals surface area contributed by atoms with Crippen LogP contribution in [0.4, 0.5) is 0 Å². The molecule has 4 nitrogen and oxygen atoms in total. The van der Waals surface area contributed by atoms with Gasteiger partial charge < -0.3 is 15.2 Å². The van der Waals surface area contributed by atoms with Crippen LogP contribution in [0, 0.1) is 11.3 Å². The average molecular weight is 313 g/mol. The molecule has 1 aromatic carbocycles. The maximum atomic E-state index is 8.57. The van der Waals surface area contributed by atoms with Crippen LogP contribution in [0.1, 0.15) is 19.4 Å². The van der Waals surface area contributed by atoms with E-state index in [0.29, 0.717) is 18.1 Å². The van der Waals surface area contributed by atoms with E-state index < -0.39 is 0 Å². The quantitative estimate of drug-likeness (QED) is 0.876. The highest BCUT2D eigenvalue weighted by Gasteiger charge is 2.12. The second-order valence-electron chi connectivity index (χ2n) is 3.97. The first kappa shape index (κ1) is 14.8. The van der Waals surface area contributed by atoms with Crippen molar-refractivity contribution in [1.82, 2.24) is 0 Å². The maximum Gasteiger partial charge on any atom is 0.176 e. The number of ether oxygens (including phenoxy) is 2. The third-order valence-corrected chi connectivity index (χ3v) is 2.80. The summed E-state index contributed by atoms with van der Waals surface area (Å²) in [7, 11) is 0. The van der Waals surface area contributed by atoms with Gasteiger partial charge in [-0.05, 0) is 53.9 Å². The van der Waals surface area contributed by atoms with Crippen molar-refractivity contribution in [2.24, 2.45) is 5.73 Å². The van der Waals surface area contributed by atoms with Gasteiger partial charge in [-0.3, -0.25) is 0 Å². The molecule has 0 aliphatic heterocycles. The van der Waals surface area contributed by atoms with E-state index in [0.717, 1.165) is 16.5 Å². The predicted molar refractivity (Wildman–Crippen MR) is 73.8 cm³/mol. The Bertz CT molecular complexity index is 441. The van der Waals surface area contributed by atoms with Gasteiger partial charge in [0, 0.05) is 6.04 Å². The minimum absolute atomic E-state index is 0.00862. The summed E-state index contributed by atoms with van der Waals surface area (Å²) in [5.74, 6) is 1.20. The van der Waals surface area contributed by atoms with E-state index in [-0.39, 0.29) is 12.6 Å². The van der Waals surface area contributed by atoms with Crippen LogP contribution in [0.3, 0.4) is 0 Å². The van der Waals surface area contributed by atoms with Crippen molar-refractivity contribution in [3.8, 4) is 17.6 Å². The monoisotopic (exact) mass is 312 g/mol. The second-order valence-corrected chi connectivity index (χ2v) is 4.82. The SMILES string of the molecule is CCOc1cc(CC(C)N)cc(Br)c1OCC#N. The van der Waals surface area contributed by atoms with Crippen LogP contribution in [-0.4, -0.2) is 19.3 Å². The molecule has 0 heterocycles. The van der Waals surface area contributed by atoms with Crippen LogP contribution in [-0.2, 0) is 6.42 Å². The fourth-order valence-corrected chi connectivity index (χ4v) is 2.22. The Kier molecular flexibility index (Phi) is 5.96. The van der Waals surface area contributed by atoms with Crippen LogP contribution in [0.25, 0.3) is 0 Å². The van der Waals surface area contributed by atoms with E-state index in [1.807, 2.05) is 32.0 Å². The van der Waals surface area contributed by atoms with Gasteiger partial charge in [-0.25, -0.2) is 0 Å². The molecule has 18 heavy (non-hydrogen) atoms. The van der Waals surface area contributed by atoms with Gasteiger partial charge in [-0.2, -0.15) is 5.26 Å². The third kappa shape index (κ3) is 4.21. The molecule has 2 N–H and O–H groups in total. The van der Waals surface area contributed by atoms with Gasteiger partial charge in [-0.15, -0.1) is 0 Å². The first-order valence-corrected chi connectivity index (χ1v) is 6.58. The number of halogens is 1. The highest BCUT2D eigenvalue weighted by Crippen LogP contribution is 2.37. The first-order chi connectivity index (χ1) is 8.58. The second kappa shape index (κ2) is 7.24. The molecule has 0 aromatic heterocycles. The largest absolute Gasteiger partial charge is 0.490 e. The van der Waals surface area contributed by atoms with Gasteiger partial charge in [0.15, 0.2) is 18.1 Å². The van der Waals surface area contributed by atoms with Gasteiger partial charge in [-0.1, -0.05) is 0 Å². The summed E-state index contributed by atoms with van der Waals surface area (Å²) >= 11 is 3.43. The zero-order valence-electron chi connectivity index (χ0n) is 10.6. The van der Waals surface area contributed by atoms with Crippen LogP contribution in [0.5, 0.6) is 11.5 Å². The minimum Gasteiger partial charge on any atom is -0.490 e. The van der Waals surface area contributed by atoms with Gasteiger partial charge in [0.2, 0.25) is 0 Å². The van der Waals surface area contributed by atoms with E-state index in [4.69, 9.17) is 20.5 Å². The summed E-state index contributed by atoms with van der Waals surface area (Å²) in [5.41, 5.74) is 6.86. The summed E-state index contributed by atoms with van der Waals surface area (Å²) in [6.45, 7) is 4.39. The van der Waals surface area contributed by atoms with Crippen LogP contribution < -0.4 is 15.2 Å². The highest BCUT2D eigenvalue weighted by atomic mass is 79.9. The molecule has 0 fully saturated rings. The number of nitriles is 1. The number of hydrogen-bond acceptors (Lipinski definition) is 4. The number of hydrogen-bond donors (Lipinski definition) is 1. The number of nitrogens with two attached hydrogens (primary N) is 1. The molecule has 1 unspecified atom stereocenters. The van der Waals surface area contributed by atoms with Crippen LogP contribution in [0.15, 0.2) is 16.6 Å². The first-order valence-electron chi connectivity index (χ1n) is 5.79. The van der Waals surface area contributed by atoms with Crippen molar-refractivity contribution in [3.63, 3.8) is 0 Å². The molecule has 0 aliphatic rings. The topological polar surface area (TPSA) is 68.3 Å². The Hall–Kier alpha value is -1.25. The molecule has 0 saturated carbocycles. The van der Waals surface area contributed by atoms with Crippen LogP contribution in [0.2, 0.25) is 0 Å². The Morgan fingerprint density at radius 3 is 2.72 bits per heavy atom. The Labute approximate surface area is 116 Å². The van der Waals surface area contributed by atoms with Gasteiger partial charge >= 0.3 is 0 Å². The van der Waals surface area contributed by atoms with Gasteiger partial charge in [0.1, 0.15) is 6.07 Å². The molecule has 0 spiro atoms. The van der Waals surface area contributed by atoms with E-state index in [9.17, 15) is 0 Å². The summed E-state index contributed by atoms with van der Waals surface area (Å²) in [4.78, 5) is 0. The molecule has 0 saturated heterocycles. The standard InChI is InChI=1S/C13H17BrN2O2/c1-3-17-12-8-10(6-9(2)16)7-11(14)13(12)18-5-4-15/h7-9H,3,5-6,16H2,1-2H3. The van der Waals surface area contributed by atoms with E-state index in [1.54, 1.807) is 0 Å². The lowest BCUT2D eigenvalue weighted by atomic mass is 10.1. The predicted octanol–water partition coefficient (Wildman–Crippen LogP) is 2.64. The van der Waals surface area contributed by atoms with Gasteiger partial charge in [0.05, 0.1) is 11.1 Å². The summed E-state index contributed by atoms with van der Waals surface area (Å²) < 4.78 is 11.7. The molecule has 1 aromatic rings. The molecule has 0 aliphatic carbocycles. The van der Waals surface area contributed by atoms with Crippen molar-refractivity contribution in [2.75, 3.05) is 13.2 Å². The van der Waals surface area contributed by atoms with Crippen molar-refractivity contribution < 1.29 is 9.47 Å². The molecule has 1 rings (SSSR count). The van der Waals surface area contributed by atoms with Crippen LogP contribution >= 0.6 is 15.9 Å². The zero-order valence-corrected chi connectivity index (χ0v) is 12.2. The van der Waals surface area contributed by atoms with Crippen molar-refractivity contribution >= 4 is 15.9 Å². The Morgan fingerprint density at radius 2 is 2.17 bits per heavy atom. The molecule has 5 heteroatoms. The average Bonchev–Trinajstić information content (AvgIpc) is 2.27. The summed E-state index contributed by atoms with van der Waals surface area (Å²) in [6.07, 6.45) is 0.761. The van der Waals surface area contributed by atoms with Gasteiger partial charge in [0.25, 0.3) is 0 Å². The molecular weight excluding hydrogens is 296 g/mol. The lowest BCUT2D eigenvalue weighted by Crippen LogP contribution is -2.17. The molecule has 98 valence electrons. The fourth-order valence-electron chi connectivity index (χ4n) is 1.62. The molecule has 0 amide bonds. The summed E-state index contributed by atoms with van der Waals surface area (Å²) in [5, 5.41) is 8.57. The van der Waals surface area contributed by atoms with Crippen molar-refractivity contribution in [3.05, 3.63) is 22.2 Å². The number of nitrogens with zero attached hydrogens (tertiary/aromatic N) is 1. The van der Waals surface area contributed by atoms with Crippen molar-refractivity contribution in [1.29, 1.82) is 5.26 Å². The maximum absolute atomic E-state index is 8.57. The van der Waals surface area contributed by atoms with E-state index in [1.165, 1.54) is 0 Å². The summed E-state index contributed by atoms with van der Waals surface area (Å²) in [6, 6.07) is 5.87. The highest BCUT2D eigenvalue weighted by molar-refractivity contribution is 9.10. The number of benzene rings is 1. The minimum atomic E-state index is -0.00862. The molecular formula is C13H17BrN2O2. The lowest BCUT2D eigenvalue weighted by Gasteiger charge is -2.14. The molecule has 0 bridgehead atoms. The van der Waals surface area contributed by atoms with Crippen molar-refractivity contribution in [2.45, 2.75) is 26.3 Å². The lowest BCUT2D eigenvalue weighted by molar-refractivity contribution is 0.297. The molecule has 0 radical (unpaired) electrons. The van der Waals surface area contributed by atoms with E-state index >= 15 is 0 Å². The number of rotatable bonds is 6. The normalized spacial score (nSPS) is 11.7. The van der Waals surface area contributed by atoms with E-state index in [2.05, 4.69) is 15.9 Å².